The predicted molar refractivity (Wildman–Crippen MR) is 172 cm³/mol. The van der Waals surface area contributed by atoms with Crippen LogP contribution in [0.2, 0.25) is 0 Å². The molecular weight excluding hydrogens is 592 g/mol. The number of ether oxygens (including phenoxy) is 2. The summed E-state index contributed by atoms with van der Waals surface area (Å²) in [4.78, 5) is 49.8. The molecule has 2 aliphatic rings. The van der Waals surface area contributed by atoms with Crippen LogP contribution in [0.3, 0.4) is 0 Å². The Kier molecular flexibility index (Phi) is 13.4. The molecule has 12 heteroatoms. The lowest BCUT2D eigenvalue weighted by Crippen LogP contribution is -2.55. The van der Waals surface area contributed by atoms with Crippen molar-refractivity contribution in [2.45, 2.75) is 65.3 Å². The van der Waals surface area contributed by atoms with E-state index in [4.69, 9.17) is 19.7 Å². The zero-order chi connectivity index (χ0) is 33.7. The summed E-state index contributed by atoms with van der Waals surface area (Å²) in [5.41, 5.74) is 2.33. The number of nitrogens with zero attached hydrogens (tertiary/aromatic N) is 2. The Hall–Kier alpha value is -4.58. The quantitative estimate of drug-likeness (QED) is 0.289. The molecule has 0 spiro atoms. The summed E-state index contributed by atoms with van der Waals surface area (Å²) in [6.07, 6.45) is -0.594. The van der Waals surface area contributed by atoms with E-state index >= 15 is 0 Å². The standard InChI is InChI=1S/C20H30N2O4.C14H16N2O4/c1-5-25-18(23)16-11-12-22(19(24)26-20(2,3)4)14-17(16)21-13-15-9-7-6-8-10-15;17-13(18)11-6-7-16(14(19)20)9-12(11)15-8-10-4-2-1-3-5-10/h6-10,16-17,21H,5,11-14H2,1-4H3;1-5,15H,6-9H2,(H,17,18)(H,19,20). The summed E-state index contributed by atoms with van der Waals surface area (Å²) in [6, 6.07) is 19.4. The van der Waals surface area contributed by atoms with Crippen LogP contribution in [-0.4, -0.2) is 88.6 Å². The third-order valence-corrected chi connectivity index (χ3v) is 7.49. The molecule has 2 atom stereocenters. The van der Waals surface area contributed by atoms with Crippen LogP contribution >= 0.6 is 0 Å². The van der Waals surface area contributed by atoms with Crippen molar-refractivity contribution < 1.29 is 38.9 Å². The lowest BCUT2D eigenvalue weighted by atomic mass is 9.91. The Morgan fingerprint density at radius 1 is 0.891 bits per heavy atom. The monoisotopic (exact) mass is 638 g/mol. The number of esters is 1. The first kappa shape index (κ1) is 35.9. The van der Waals surface area contributed by atoms with E-state index in [1.807, 2.05) is 81.4 Å². The number of carboxylic acid groups (broad SMARTS) is 2. The van der Waals surface area contributed by atoms with E-state index in [1.165, 1.54) is 4.90 Å². The molecule has 2 aromatic rings. The molecule has 2 aliphatic heterocycles. The van der Waals surface area contributed by atoms with Gasteiger partial charge in [0.25, 0.3) is 0 Å². The van der Waals surface area contributed by atoms with E-state index < -0.39 is 17.7 Å². The molecule has 4 N–H and O–H groups in total. The summed E-state index contributed by atoms with van der Waals surface area (Å²) < 4.78 is 10.7. The summed E-state index contributed by atoms with van der Waals surface area (Å²) >= 11 is 0. The maximum atomic E-state index is 12.4. The van der Waals surface area contributed by atoms with Crippen molar-refractivity contribution >= 4 is 24.1 Å². The molecule has 250 valence electrons. The lowest BCUT2D eigenvalue weighted by molar-refractivity contribution is -0.150. The van der Waals surface area contributed by atoms with Crippen molar-refractivity contribution in [1.29, 1.82) is 0 Å². The Morgan fingerprint density at radius 3 is 2.04 bits per heavy atom. The number of carbonyl (C=O) groups is 4. The Balaban J connectivity index is 0.000000259. The predicted octanol–water partition coefficient (Wildman–Crippen LogP) is 4.46. The highest BCUT2D eigenvalue weighted by atomic mass is 16.6. The van der Waals surface area contributed by atoms with E-state index in [-0.39, 0.29) is 49.1 Å². The van der Waals surface area contributed by atoms with Crippen molar-refractivity contribution in [3.05, 3.63) is 83.1 Å². The Labute approximate surface area is 270 Å². The number of carbonyl (C=O) groups excluding carboxylic acids is 2. The molecule has 12 nitrogen and oxygen atoms in total. The smallest absolute Gasteiger partial charge is 0.410 e. The number of aliphatic carboxylic acids is 1. The molecule has 1 saturated heterocycles. The minimum atomic E-state index is -1.03. The lowest BCUT2D eigenvalue weighted by Gasteiger charge is -2.38. The summed E-state index contributed by atoms with van der Waals surface area (Å²) in [5, 5.41) is 24.6. The van der Waals surface area contributed by atoms with Crippen LogP contribution in [0.5, 0.6) is 0 Å². The number of hydrogen-bond donors (Lipinski definition) is 4. The summed E-state index contributed by atoms with van der Waals surface area (Å²) in [5.74, 6) is -1.47. The van der Waals surface area contributed by atoms with Crippen molar-refractivity contribution in [2.24, 2.45) is 5.92 Å². The zero-order valence-electron chi connectivity index (χ0n) is 27.0. The van der Waals surface area contributed by atoms with Gasteiger partial charge in [-0.3, -0.25) is 4.79 Å². The Bertz CT molecular complexity index is 1340. The second kappa shape index (κ2) is 17.2. The van der Waals surface area contributed by atoms with Crippen molar-refractivity contribution in [2.75, 3.05) is 32.8 Å². The van der Waals surface area contributed by atoms with Gasteiger partial charge in [-0.1, -0.05) is 60.7 Å². The molecular formula is C34H46N4O8. The third kappa shape index (κ3) is 11.4. The van der Waals surface area contributed by atoms with Gasteiger partial charge in [0, 0.05) is 44.5 Å². The van der Waals surface area contributed by atoms with Crippen LogP contribution in [0.1, 0.15) is 51.7 Å². The van der Waals surface area contributed by atoms with Gasteiger partial charge in [-0.15, -0.1) is 0 Å². The minimum Gasteiger partial charge on any atom is -0.478 e. The highest BCUT2D eigenvalue weighted by Gasteiger charge is 2.37. The number of nitrogens with one attached hydrogen (secondary N) is 2. The molecule has 2 heterocycles. The number of benzene rings is 2. The van der Waals surface area contributed by atoms with Crippen LogP contribution in [0.4, 0.5) is 9.59 Å². The molecule has 0 aromatic heterocycles. The summed E-state index contributed by atoms with van der Waals surface area (Å²) in [7, 11) is 0. The first-order valence-corrected chi connectivity index (χ1v) is 15.5. The average Bonchev–Trinajstić information content (AvgIpc) is 3.03. The average molecular weight is 639 g/mol. The van der Waals surface area contributed by atoms with Gasteiger partial charge in [-0.05, 0) is 51.7 Å². The van der Waals surface area contributed by atoms with E-state index in [0.717, 1.165) is 11.1 Å². The fraction of sp³-hybridized carbons (Fsp3) is 0.471. The first-order chi connectivity index (χ1) is 21.9. The van der Waals surface area contributed by atoms with E-state index in [0.29, 0.717) is 44.9 Å². The molecule has 2 amide bonds. The van der Waals surface area contributed by atoms with Crippen LogP contribution in [0.25, 0.3) is 0 Å². The van der Waals surface area contributed by atoms with Gasteiger partial charge in [0.15, 0.2) is 0 Å². The topological polar surface area (TPSA) is 158 Å². The largest absolute Gasteiger partial charge is 0.478 e. The molecule has 0 aliphatic carbocycles. The number of hydrogen-bond acceptors (Lipinski definition) is 8. The number of likely N-dealkylation sites (tertiary alicyclic amines) is 1. The van der Waals surface area contributed by atoms with Crippen molar-refractivity contribution in [3.8, 4) is 0 Å². The number of amides is 2. The van der Waals surface area contributed by atoms with Gasteiger partial charge in [-0.2, -0.15) is 0 Å². The van der Waals surface area contributed by atoms with Crippen LogP contribution < -0.4 is 10.6 Å². The van der Waals surface area contributed by atoms with Crippen LogP contribution in [0.15, 0.2) is 71.9 Å². The van der Waals surface area contributed by atoms with Gasteiger partial charge in [0.05, 0.1) is 24.6 Å². The number of rotatable bonds is 9. The number of carboxylic acids is 1. The number of piperidine rings is 1. The van der Waals surface area contributed by atoms with E-state index in [9.17, 15) is 19.2 Å². The zero-order valence-corrected chi connectivity index (χ0v) is 27.0. The first-order valence-electron chi connectivity index (χ1n) is 15.5. The summed E-state index contributed by atoms with van der Waals surface area (Å²) in [6.45, 7) is 10.0. The van der Waals surface area contributed by atoms with Gasteiger partial charge < -0.3 is 40.1 Å². The van der Waals surface area contributed by atoms with Crippen molar-refractivity contribution in [1.82, 2.24) is 20.4 Å². The molecule has 1 fully saturated rings. The SMILES string of the molecule is CCOC(=O)C1CCN(C(=O)OC(C)(C)C)CC1NCc1ccccc1.O=C(O)C1=C(NCc2ccccc2)CN(C(=O)O)CC1. The second-order valence-electron chi connectivity index (χ2n) is 12.1. The molecule has 0 radical (unpaired) electrons. The highest BCUT2D eigenvalue weighted by molar-refractivity contribution is 5.88. The third-order valence-electron chi connectivity index (χ3n) is 7.49. The molecule has 4 rings (SSSR count). The molecule has 0 bridgehead atoms. The van der Waals surface area contributed by atoms with E-state index in [2.05, 4.69) is 10.6 Å². The molecule has 0 saturated carbocycles. The van der Waals surface area contributed by atoms with Gasteiger partial charge >= 0.3 is 24.1 Å². The normalized spacial score (nSPS) is 18.2. The van der Waals surface area contributed by atoms with Crippen LogP contribution in [0, 0.1) is 5.92 Å². The molecule has 46 heavy (non-hydrogen) atoms. The highest BCUT2D eigenvalue weighted by Crippen LogP contribution is 2.22. The van der Waals surface area contributed by atoms with Gasteiger partial charge in [-0.25, -0.2) is 14.4 Å². The fourth-order valence-electron chi connectivity index (χ4n) is 5.16. The van der Waals surface area contributed by atoms with Crippen LogP contribution in [-0.2, 0) is 32.2 Å². The minimum absolute atomic E-state index is 0.0871. The maximum absolute atomic E-state index is 12.4. The van der Waals surface area contributed by atoms with Gasteiger partial charge in [0.2, 0.25) is 0 Å². The van der Waals surface area contributed by atoms with Gasteiger partial charge in [0.1, 0.15) is 5.60 Å². The Morgan fingerprint density at radius 2 is 1.50 bits per heavy atom. The second-order valence-corrected chi connectivity index (χ2v) is 12.1. The maximum Gasteiger partial charge on any atom is 0.410 e. The molecule has 2 unspecified atom stereocenters. The van der Waals surface area contributed by atoms with E-state index in [1.54, 1.807) is 11.8 Å². The fourth-order valence-corrected chi connectivity index (χ4v) is 5.16. The molecule has 2 aromatic carbocycles. The van der Waals surface area contributed by atoms with Crippen molar-refractivity contribution in [3.63, 3.8) is 0 Å².